The molecule has 2 rings (SSSR count). The summed E-state index contributed by atoms with van der Waals surface area (Å²) >= 11 is 0. The predicted molar refractivity (Wildman–Crippen MR) is 69.6 cm³/mol. The highest BCUT2D eigenvalue weighted by Crippen LogP contribution is 2.35. The third-order valence-corrected chi connectivity index (χ3v) is 2.96. The van der Waals surface area contributed by atoms with E-state index in [9.17, 15) is 13.2 Å². The predicted octanol–water partition coefficient (Wildman–Crippen LogP) is 4.09. The van der Waals surface area contributed by atoms with Crippen LogP contribution in [0.25, 0.3) is 0 Å². The molecule has 0 aliphatic rings. The zero-order chi connectivity index (χ0) is 14.9. The molecular weight excluding hydrogens is 269 g/mol. The van der Waals surface area contributed by atoms with Crippen LogP contribution in [0.2, 0.25) is 0 Å². The first-order valence-electron chi connectivity index (χ1n) is 5.86. The lowest BCUT2D eigenvalue weighted by atomic mass is 10.1. The van der Waals surface area contributed by atoms with Gasteiger partial charge in [0.1, 0.15) is 11.4 Å². The molecule has 0 fully saturated rings. The molecule has 3 nitrogen and oxygen atoms in total. The summed E-state index contributed by atoms with van der Waals surface area (Å²) < 4.78 is 43.4. The van der Waals surface area contributed by atoms with Gasteiger partial charge in [0.25, 0.3) is 0 Å². The fourth-order valence-electron chi connectivity index (χ4n) is 1.64. The summed E-state index contributed by atoms with van der Waals surface area (Å²) in [7, 11) is 0. The van der Waals surface area contributed by atoms with Crippen LogP contribution >= 0.6 is 0 Å². The summed E-state index contributed by atoms with van der Waals surface area (Å²) in [5, 5.41) is 0. The number of alkyl halides is 3. The quantitative estimate of drug-likeness (QED) is 0.902. The van der Waals surface area contributed by atoms with Crippen LogP contribution in [0.3, 0.4) is 0 Å². The van der Waals surface area contributed by atoms with Crippen molar-refractivity contribution in [3.05, 3.63) is 47.3 Å². The Morgan fingerprint density at radius 3 is 2.50 bits per heavy atom. The second-order valence-corrected chi connectivity index (χ2v) is 4.41. The van der Waals surface area contributed by atoms with Gasteiger partial charge in [-0.05, 0) is 31.0 Å². The topological polar surface area (TPSA) is 48.1 Å². The highest BCUT2D eigenvalue weighted by molar-refractivity contribution is 5.54. The number of nitrogen functional groups attached to an aromatic ring is 1. The monoisotopic (exact) mass is 282 g/mol. The summed E-state index contributed by atoms with van der Waals surface area (Å²) in [4.78, 5) is 3.26. The first-order chi connectivity index (χ1) is 9.29. The van der Waals surface area contributed by atoms with Gasteiger partial charge in [0.15, 0.2) is 5.75 Å². The van der Waals surface area contributed by atoms with Gasteiger partial charge in [-0.3, -0.25) is 0 Å². The zero-order valence-electron chi connectivity index (χ0n) is 11.0. The van der Waals surface area contributed by atoms with Crippen molar-refractivity contribution in [1.82, 2.24) is 4.98 Å². The SMILES string of the molecule is Cc1cccc(Oc2cc(C(F)(F)F)ncc2N)c1C. The van der Waals surface area contributed by atoms with Gasteiger partial charge < -0.3 is 10.5 Å². The van der Waals surface area contributed by atoms with Gasteiger partial charge in [-0.15, -0.1) is 0 Å². The number of pyridine rings is 1. The first kappa shape index (κ1) is 14.2. The maximum Gasteiger partial charge on any atom is 0.433 e. The molecule has 20 heavy (non-hydrogen) atoms. The van der Waals surface area contributed by atoms with E-state index in [0.717, 1.165) is 23.4 Å². The van der Waals surface area contributed by atoms with Gasteiger partial charge >= 0.3 is 6.18 Å². The minimum atomic E-state index is -4.53. The van der Waals surface area contributed by atoms with E-state index in [4.69, 9.17) is 10.5 Å². The maximum atomic E-state index is 12.6. The number of aromatic nitrogens is 1. The number of aryl methyl sites for hydroxylation is 1. The molecule has 1 aromatic carbocycles. The van der Waals surface area contributed by atoms with Gasteiger partial charge in [-0.1, -0.05) is 12.1 Å². The molecule has 0 saturated carbocycles. The van der Waals surface area contributed by atoms with Crippen LogP contribution in [0.1, 0.15) is 16.8 Å². The van der Waals surface area contributed by atoms with Gasteiger partial charge in [0.05, 0.1) is 11.9 Å². The summed E-state index contributed by atoms with van der Waals surface area (Å²) in [5.41, 5.74) is 6.46. The number of nitrogens with zero attached hydrogens (tertiary/aromatic N) is 1. The van der Waals surface area contributed by atoms with Crippen LogP contribution < -0.4 is 10.5 Å². The highest BCUT2D eigenvalue weighted by Gasteiger charge is 2.33. The molecule has 1 aromatic heterocycles. The maximum absolute atomic E-state index is 12.6. The van der Waals surface area contributed by atoms with Gasteiger partial charge in [-0.2, -0.15) is 13.2 Å². The van der Waals surface area contributed by atoms with Crippen molar-refractivity contribution >= 4 is 5.69 Å². The van der Waals surface area contributed by atoms with Crippen LogP contribution in [0, 0.1) is 13.8 Å². The Balaban J connectivity index is 2.41. The van der Waals surface area contributed by atoms with Gasteiger partial charge in [0, 0.05) is 6.07 Å². The minimum Gasteiger partial charge on any atom is -0.455 e. The van der Waals surface area contributed by atoms with E-state index < -0.39 is 11.9 Å². The molecule has 2 N–H and O–H groups in total. The molecule has 0 amide bonds. The number of halogens is 3. The Bertz CT molecular complexity index is 639. The molecule has 0 saturated heterocycles. The highest BCUT2D eigenvalue weighted by atomic mass is 19.4. The van der Waals surface area contributed by atoms with Gasteiger partial charge in [-0.25, -0.2) is 4.98 Å². The van der Waals surface area contributed by atoms with Crippen LogP contribution in [0.4, 0.5) is 18.9 Å². The average Bonchev–Trinajstić information content (AvgIpc) is 2.36. The summed E-state index contributed by atoms with van der Waals surface area (Å²) in [6, 6.07) is 6.13. The fourth-order valence-corrected chi connectivity index (χ4v) is 1.64. The Kier molecular flexibility index (Phi) is 3.57. The molecule has 2 aromatic rings. The van der Waals surface area contributed by atoms with E-state index >= 15 is 0 Å². The van der Waals surface area contributed by atoms with Gasteiger partial charge in [0.2, 0.25) is 0 Å². The van der Waals surface area contributed by atoms with Crippen molar-refractivity contribution in [2.45, 2.75) is 20.0 Å². The zero-order valence-corrected chi connectivity index (χ0v) is 11.0. The normalized spacial score (nSPS) is 11.4. The lowest BCUT2D eigenvalue weighted by Crippen LogP contribution is -2.09. The third kappa shape index (κ3) is 2.84. The van der Waals surface area contributed by atoms with Crippen LogP contribution in [0.5, 0.6) is 11.5 Å². The molecule has 0 bridgehead atoms. The molecule has 0 unspecified atom stereocenters. The van der Waals surface area contributed by atoms with Crippen molar-refractivity contribution in [3.63, 3.8) is 0 Å². The Morgan fingerprint density at radius 1 is 1.15 bits per heavy atom. The van der Waals surface area contributed by atoms with Crippen molar-refractivity contribution in [3.8, 4) is 11.5 Å². The molecule has 1 heterocycles. The van der Waals surface area contributed by atoms with E-state index in [2.05, 4.69) is 4.98 Å². The number of hydrogen-bond acceptors (Lipinski definition) is 3. The molecule has 6 heteroatoms. The van der Waals surface area contributed by atoms with Crippen molar-refractivity contribution < 1.29 is 17.9 Å². The average molecular weight is 282 g/mol. The molecule has 0 aliphatic heterocycles. The van der Waals surface area contributed by atoms with E-state index in [0.29, 0.717) is 5.75 Å². The van der Waals surface area contributed by atoms with Crippen LogP contribution in [-0.2, 0) is 6.18 Å². The number of ether oxygens (including phenoxy) is 1. The van der Waals surface area contributed by atoms with Crippen molar-refractivity contribution in [2.75, 3.05) is 5.73 Å². The molecular formula is C14H13F3N2O. The molecule has 0 atom stereocenters. The van der Waals surface area contributed by atoms with Crippen molar-refractivity contribution in [2.24, 2.45) is 0 Å². The molecule has 106 valence electrons. The number of nitrogens with two attached hydrogens (primary N) is 1. The van der Waals surface area contributed by atoms with Crippen molar-refractivity contribution in [1.29, 1.82) is 0 Å². The number of hydrogen-bond donors (Lipinski definition) is 1. The Hall–Kier alpha value is -2.24. The van der Waals surface area contributed by atoms with E-state index in [1.807, 2.05) is 19.9 Å². The van der Waals surface area contributed by atoms with Crippen LogP contribution in [0.15, 0.2) is 30.5 Å². The third-order valence-electron chi connectivity index (χ3n) is 2.96. The van der Waals surface area contributed by atoms with E-state index in [-0.39, 0.29) is 11.4 Å². The summed E-state index contributed by atoms with van der Waals surface area (Å²) in [5.74, 6) is 0.414. The number of rotatable bonds is 2. The molecule has 0 aliphatic carbocycles. The fraction of sp³-hybridized carbons (Fsp3) is 0.214. The Labute approximate surface area is 114 Å². The lowest BCUT2D eigenvalue weighted by molar-refractivity contribution is -0.141. The smallest absolute Gasteiger partial charge is 0.433 e. The van der Waals surface area contributed by atoms with Crippen LogP contribution in [-0.4, -0.2) is 4.98 Å². The summed E-state index contributed by atoms with van der Waals surface area (Å²) in [6.45, 7) is 3.71. The molecule has 0 spiro atoms. The number of benzene rings is 1. The first-order valence-corrected chi connectivity index (χ1v) is 5.86. The largest absolute Gasteiger partial charge is 0.455 e. The van der Waals surface area contributed by atoms with E-state index in [1.165, 1.54) is 0 Å². The number of anilines is 1. The Morgan fingerprint density at radius 2 is 1.85 bits per heavy atom. The molecule has 0 radical (unpaired) electrons. The summed E-state index contributed by atoms with van der Waals surface area (Å²) in [6.07, 6.45) is -3.59. The lowest BCUT2D eigenvalue weighted by Gasteiger charge is -2.13. The second-order valence-electron chi connectivity index (χ2n) is 4.41. The minimum absolute atomic E-state index is 0.0545. The van der Waals surface area contributed by atoms with E-state index in [1.54, 1.807) is 12.1 Å². The standard InChI is InChI=1S/C14H13F3N2O/c1-8-4-3-5-11(9(8)2)20-12-6-13(14(15,16)17)19-7-10(12)18/h3-7H,18H2,1-2H3. The second kappa shape index (κ2) is 5.03.